The number of ketones is 1. The lowest BCUT2D eigenvalue weighted by molar-refractivity contribution is -0.118. The van der Waals surface area contributed by atoms with Gasteiger partial charge in [-0.1, -0.05) is 50.3 Å². The molecule has 1 N–H and O–H groups in total. The zero-order valence-electron chi connectivity index (χ0n) is 11.8. The molecule has 0 saturated heterocycles. The van der Waals surface area contributed by atoms with Gasteiger partial charge in [-0.2, -0.15) is 0 Å². The standard InChI is InChI=1S/C16H21NO2/c1-12(2)16(19)15-9-7-14(8-10-15)6-4-5-11-17-13(3)18/h4,6-10,12H,5,11H2,1-3H3,(H,17,18). The Bertz CT molecular complexity index is 458. The molecular weight excluding hydrogens is 238 g/mol. The van der Waals surface area contributed by atoms with Crippen molar-refractivity contribution in [3.63, 3.8) is 0 Å². The van der Waals surface area contributed by atoms with Gasteiger partial charge in [0.2, 0.25) is 5.91 Å². The van der Waals surface area contributed by atoms with Crippen LogP contribution in [0.15, 0.2) is 30.3 Å². The van der Waals surface area contributed by atoms with Crippen LogP contribution in [0.3, 0.4) is 0 Å². The third kappa shape index (κ3) is 5.51. The van der Waals surface area contributed by atoms with E-state index in [0.29, 0.717) is 6.54 Å². The molecule has 19 heavy (non-hydrogen) atoms. The summed E-state index contributed by atoms with van der Waals surface area (Å²) in [7, 11) is 0. The SMILES string of the molecule is CC(=O)NCCC=Cc1ccc(C(=O)C(C)C)cc1. The summed E-state index contributed by atoms with van der Waals surface area (Å²) in [6, 6.07) is 7.58. The molecule has 0 aliphatic carbocycles. The second kappa shape index (κ2) is 7.52. The zero-order chi connectivity index (χ0) is 14.3. The normalized spacial score (nSPS) is 10.9. The monoisotopic (exact) mass is 259 g/mol. The number of amides is 1. The topological polar surface area (TPSA) is 46.2 Å². The first kappa shape index (κ1) is 15.2. The molecule has 0 unspecified atom stereocenters. The molecule has 3 heteroatoms. The summed E-state index contributed by atoms with van der Waals surface area (Å²) in [5.41, 5.74) is 1.81. The van der Waals surface area contributed by atoms with Crippen molar-refractivity contribution >= 4 is 17.8 Å². The summed E-state index contributed by atoms with van der Waals surface area (Å²) >= 11 is 0. The van der Waals surface area contributed by atoms with Crippen molar-refractivity contribution in [1.82, 2.24) is 5.32 Å². The molecule has 1 aromatic carbocycles. The summed E-state index contributed by atoms with van der Waals surface area (Å²) in [6.07, 6.45) is 4.80. The smallest absolute Gasteiger partial charge is 0.216 e. The highest BCUT2D eigenvalue weighted by atomic mass is 16.1. The highest BCUT2D eigenvalue weighted by Gasteiger charge is 2.09. The lowest BCUT2D eigenvalue weighted by Gasteiger charge is -2.04. The van der Waals surface area contributed by atoms with E-state index in [4.69, 9.17) is 0 Å². The van der Waals surface area contributed by atoms with Gasteiger partial charge in [-0.15, -0.1) is 0 Å². The summed E-state index contributed by atoms with van der Waals surface area (Å²) in [4.78, 5) is 22.4. The Kier molecular flexibility index (Phi) is 6.00. The van der Waals surface area contributed by atoms with Gasteiger partial charge in [-0.05, 0) is 12.0 Å². The van der Waals surface area contributed by atoms with Crippen LogP contribution in [0.25, 0.3) is 6.08 Å². The average Bonchev–Trinajstić information content (AvgIpc) is 2.37. The van der Waals surface area contributed by atoms with E-state index in [1.807, 2.05) is 50.3 Å². The Morgan fingerprint density at radius 1 is 1.21 bits per heavy atom. The van der Waals surface area contributed by atoms with Gasteiger partial charge in [-0.25, -0.2) is 0 Å². The fraction of sp³-hybridized carbons (Fsp3) is 0.375. The number of carbonyl (C=O) groups is 2. The average molecular weight is 259 g/mol. The van der Waals surface area contributed by atoms with Gasteiger partial charge in [0.05, 0.1) is 0 Å². The molecule has 0 saturated carbocycles. The summed E-state index contributed by atoms with van der Waals surface area (Å²) in [6.45, 7) is 5.96. The Morgan fingerprint density at radius 3 is 2.37 bits per heavy atom. The van der Waals surface area contributed by atoms with E-state index in [2.05, 4.69) is 5.32 Å². The van der Waals surface area contributed by atoms with Crippen molar-refractivity contribution in [2.24, 2.45) is 5.92 Å². The molecule has 0 radical (unpaired) electrons. The van der Waals surface area contributed by atoms with Crippen LogP contribution in [0.1, 0.15) is 43.1 Å². The molecule has 0 spiro atoms. The number of hydrogen-bond acceptors (Lipinski definition) is 2. The summed E-state index contributed by atoms with van der Waals surface area (Å²) < 4.78 is 0. The van der Waals surface area contributed by atoms with E-state index in [1.54, 1.807) is 0 Å². The Morgan fingerprint density at radius 2 is 1.84 bits per heavy atom. The van der Waals surface area contributed by atoms with Crippen molar-refractivity contribution in [3.05, 3.63) is 41.5 Å². The quantitative estimate of drug-likeness (QED) is 0.630. The van der Waals surface area contributed by atoms with E-state index in [0.717, 1.165) is 17.5 Å². The van der Waals surface area contributed by atoms with Gasteiger partial charge in [0.25, 0.3) is 0 Å². The van der Waals surface area contributed by atoms with Crippen molar-refractivity contribution in [2.75, 3.05) is 6.54 Å². The van der Waals surface area contributed by atoms with Crippen LogP contribution in [-0.4, -0.2) is 18.2 Å². The molecule has 1 aromatic rings. The van der Waals surface area contributed by atoms with E-state index >= 15 is 0 Å². The predicted molar refractivity (Wildman–Crippen MR) is 77.9 cm³/mol. The third-order valence-corrected chi connectivity index (χ3v) is 2.71. The molecule has 0 aliphatic rings. The largest absolute Gasteiger partial charge is 0.356 e. The summed E-state index contributed by atoms with van der Waals surface area (Å²) in [5, 5.41) is 2.73. The number of Topliss-reactive ketones (excluding diaryl/α,β-unsaturated/α-hetero) is 1. The maximum absolute atomic E-state index is 11.8. The van der Waals surface area contributed by atoms with Crippen LogP contribution in [0.4, 0.5) is 0 Å². The molecule has 0 aromatic heterocycles. The van der Waals surface area contributed by atoms with Crippen LogP contribution >= 0.6 is 0 Å². The van der Waals surface area contributed by atoms with Gasteiger partial charge < -0.3 is 5.32 Å². The summed E-state index contributed by atoms with van der Waals surface area (Å²) in [5.74, 6) is 0.185. The molecular formula is C16H21NO2. The fourth-order valence-corrected chi connectivity index (χ4v) is 1.64. The number of rotatable bonds is 6. The van der Waals surface area contributed by atoms with Gasteiger partial charge in [0, 0.05) is 24.9 Å². The highest BCUT2D eigenvalue weighted by Crippen LogP contribution is 2.11. The van der Waals surface area contributed by atoms with Crippen LogP contribution in [0, 0.1) is 5.92 Å². The second-order valence-corrected chi connectivity index (χ2v) is 4.81. The number of nitrogens with one attached hydrogen (secondary N) is 1. The van der Waals surface area contributed by atoms with Gasteiger partial charge in [-0.3, -0.25) is 9.59 Å². The molecule has 3 nitrogen and oxygen atoms in total. The molecule has 102 valence electrons. The molecule has 0 heterocycles. The van der Waals surface area contributed by atoms with Gasteiger partial charge in [0.1, 0.15) is 0 Å². The maximum atomic E-state index is 11.8. The zero-order valence-corrected chi connectivity index (χ0v) is 11.8. The molecule has 0 bridgehead atoms. The van der Waals surface area contributed by atoms with Crippen molar-refractivity contribution in [3.8, 4) is 0 Å². The van der Waals surface area contributed by atoms with Gasteiger partial charge in [0.15, 0.2) is 5.78 Å². The van der Waals surface area contributed by atoms with E-state index < -0.39 is 0 Å². The Labute approximate surface area is 114 Å². The van der Waals surface area contributed by atoms with E-state index in [-0.39, 0.29) is 17.6 Å². The van der Waals surface area contributed by atoms with Crippen LogP contribution in [-0.2, 0) is 4.79 Å². The van der Waals surface area contributed by atoms with Crippen LogP contribution < -0.4 is 5.32 Å². The van der Waals surface area contributed by atoms with Crippen molar-refractivity contribution in [1.29, 1.82) is 0 Å². The predicted octanol–water partition coefficient (Wildman–Crippen LogP) is 3.06. The lowest BCUT2D eigenvalue weighted by atomic mass is 10.00. The highest BCUT2D eigenvalue weighted by molar-refractivity contribution is 5.97. The van der Waals surface area contributed by atoms with E-state index in [1.165, 1.54) is 6.92 Å². The van der Waals surface area contributed by atoms with Crippen LogP contribution in [0.5, 0.6) is 0 Å². The Balaban J connectivity index is 2.50. The minimum absolute atomic E-state index is 0.00930. The van der Waals surface area contributed by atoms with Gasteiger partial charge >= 0.3 is 0 Å². The van der Waals surface area contributed by atoms with Crippen molar-refractivity contribution < 1.29 is 9.59 Å². The molecule has 1 rings (SSSR count). The number of hydrogen-bond donors (Lipinski definition) is 1. The number of benzene rings is 1. The lowest BCUT2D eigenvalue weighted by Crippen LogP contribution is -2.20. The second-order valence-electron chi connectivity index (χ2n) is 4.81. The molecule has 0 atom stereocenters. The van der Waals surface area contributed by atoms with Crippen molar-refractivity contribution in [2.45, 2.75) is 27.2 Å². The first-order chi connectivity index (χ1) is 9.00. The first-order valence-corrected chi connectivity index (χ1v) is 6.56. The molecule has 0 fully saturated rings. The molecule has 0 aliphatic heterocycles. The van der Waals surface area contributed by atoms with Crippen LogP contribution in [0.2, 0.25) is 0 Å². The third-order valence-electron chi connectivity index (χ3n) is 2.71. The first-order valence-electron chi connectivity index (χ1n) is 6.56. The fourth-order valence-electron chi connectivity index (χ4n) is 1.64. The Hall–Kier alpha value is -1.90. The maximum Gasteiger partial charge on any atom is 0.216 e. The number of carbonyl (C=O) groups excluding carboxylic acids is 2. The molecule has 1 amide bonds. The van der Waals surface area contributed by atoms with E-state index in [9.17, 15) is 9.59 Å². The minimum atomic E-state index is -0.00930. The minimum Gasteiger partial charge on any atom is -0.356 e.